The zero-order valence-corrected chi connectivity index (χ0v) is 35.4. The molecule has 0 aromatic heterocycles. The summed E-state index contributed by atoms with van der Waals surface area (Å²) in [5.74, 6) is 0.968. The van der Waals surface area contributed by atoms with Gasteiger partial charge in [0.05, 0.1) is 0 Å². The molecule has 3 heteroatoms. The van der Waals surface area contributed by atoms with Crippen LogP contribution in [0.4, 0.5) is 34.1 Å². The zero-order chi connectivity index (χ0) is 41.2. The molecule has 2 nitrogen and oxygen atoms in total. The number of rotatable bonds is 8. The van der Waals surface area contributed by atoms with Crippen LogP contribution in [-0.2, 0) is 0 Å². The Labute approximate surface area is 360 Å². The second-order valence-corrected chi connectivity index (χ2v) is 17.6. The Bertz CT molecular complexity index is 3030. The Balaban J connectivity index is 1.32. The number of hydrogen-bond donors (Lipinski definition) is 0. The van der Waals surface area contributed by atoms with Crippen LogP contribution in [-0.4, -0.2) is 6.71 Å². The Kier molecular flexibility index (Phi) is 9.15. The number of nitrogens with zero attached hydrogens (tertiary/aromatic N) is 2. The zero-order valence-electron chi connectivity index (χ0n) is 35.4. The van der Waals surface area contributed by atoms with Crippen LogP contribution in [0.3, 0.4) is 0 Å². The number of anilines is 6. The van der Waals surface area contributed by atoms with Gasteiger partial charge in [-0.15, -0.1) is 0 Å². The molecule has 0 fully saturated rings. The van der Waals surface area contributed by atoms with Crippen molar-refractivity contribution in [2.24, 2.45) is 0 Å². The van der Waals surface area contributed by atoms with Crippen molar-refractivity contribution in [3.63, 3.8) is 0 Å². The Morgan fingerprint density at radius 1 is 0.525 bits per heavy atom. The summed E-state index contributed by atoms with van der Waals surface area (Å²) in [5.41, 5.74) is 20.8. The van der Waals surface area contributed by atoms with E-state index < -0.39 is 0 Å². The summed E-state index contributed by atoms with van der Waals surface area (Å²) in [4.78, 5) is 5.05. The van der Waals surface area contributed by atoms with E-state index in [2.05, 4.69) is 232 Å². The molecule has 0 saturated heterocycles. The van der Waals surface area contributed by atoms with Crippen LogP contribution >= 0.6 is 0 Å². The van der Waals surface area contributed by atoms with Gasteiger partial charge in [-0.3, -0.25) is 0 Å². The molecule has 0 bridgehead atoms. The fourth-order valence-electron chi connectivity index (χ4n) is 10.5. The summed E-state index contributed by atoms with van der Waals surface area (Å²) in [6.07, 6.45) is 0.939. The van der Waals surface area contributed by atoms with Gasteiger partial charge in [-0.2, -0.15) is 0 Å². The smallest absolute Gasteiger partial charge is 0.244 e. The topological polar surface area (TPSA) is 6.48 Å². The van der Waals surface area contributed by atoms with Gasteiger partial charge in [0, 0.05) is 40.0 Å². The molecule has 2 heterocycles. The molecule has 1 unspecified atom stereocenters. The Morgan fingerprint density at radius 2 is 1.15 bits per heavy atom. The minimum absolute atomic E-state index is 0.0536. The van der Waals surface area contributed by atoms with Crippen LogP contribution < -0.4 is 31.2 Å². The van der Waals surface area contributed by atoms with E-state index >= 15 is 0 Å². The molecule has 2 aliphatic heterocycles. The highest BCUT2D eigenvalue weighted by Crippen LogP contribution is 2.48. The third-order valence-electron chi connectivity index (χ3n) is 13.4. The van der Waals surface area contributed by atoms with Crippen LogP contribution in [0.25, 0.3) is 22.2 Å². The molecule has 8 aromatic carbocycles. The first kappa shape index (κ1) is 37.2. The molecule has 0 radical (unpaired) electrons. The molecule has 1 aliphatic carbocycles. The maximum absolute atomic E-state index is 2.61. The molecule has 0 spiro atoms. The van der Waals surface area contributed by atoms with Crippen molar-refractivity contribution in [2.75, 3.05) is 9.80 Å². The van der Waals surface area contributed by atoms with Crippen molar-refractivity contribution in [2.45, 2.75) is 51.9 Å². The second kappa shape index (κ2) is 15.0. The second-order valence-electron chi connectivity index (χ2n) is 17.6. The van der Waals surface area contributed by atoms with Crippen LogP contribution in [0.1, 0.15) is 74.1 Å². The number of para-hydroxylation sites is 2. The summed E-state index contributed by atoms with van der Waals surface area (Å²) in [7, 11) is 0. The first-order chi connectivity index (χ1) is 29.9. The standard InChI is InChI=1S/C58H49BN2/c1-38(2)42-23-17-28-46(33-42)61-54-34-43(39(3)4)31-32-53(54)59-57-52(35-47(36-55(57)61)60(44-24-13-7-14-25-44)45-26-15-8-16-27-45)49-30-18-29-48-50(40-19-9-5-10-20-40)37-51(58(59)56(48)49)41-21-11-6-12-22-41/h5-36,38-39,51H,37H2,1-4H3. The Hall–Kier alpha value is -6.84. The van der Waals surface area contributed by atoms with Gasteiger partial charge in [-0.05, 0) is 133 Å². The van der Waals surface area contributed by atoms with E-state index in [0.717, 1.165) is 23.5 Å². The van der Waals surface area contributed by atoms with Gasteiger partial charge < -0.3 is 9.80 Å². The molecule has 294 valence electrons. The summed E-state index contributed by atoms with van der Waals surface area (Å²) < 4.78 is 0. The molecule has 11 rings (SSSR count). The monoisotopic (exact) mass is 784 g/mol. The first-order valence-electron chi connectivity index (χ1n) is 22.0. The summed E-state index contributed by atoms with van der Waals surface area (Å²) in [6.45, 7) is 9.30. The number of hydrogen-bond acceptors (Lipinski definition) is 2. The molecular formula is C58H49BN2. The maximum atomic E-state index is 2.61. The fraction of sp³-hybridized carbons (Fsp3) is 0.138. The van der Waals surface area contributed by atoms with Gasteiger partial charge in [0.2, 0.25) is 6.71 Å². The predicted molar refractivity (Wildman–Crippen MR) is 260 cm³/mol. The highest BCUT2D eigenvalue weighted by atomic mass is 15.2. The number of benzene rings is 8. The van der Waals surface area contributed by atoms with Crippen LogP contribution in [0.5, 0.6) is 0 Å². The summed E-state index contributed by atoms with van der Waals surface area (Å²) in [5, 5.41) is 2.76. The molecule has 0 N–H and O–H groups in total. The largest absolute Gasteiger partial charge is 0.311 e. The van der Waals surface area contributed by atoms with E-state index in [1.165, 1.54) is 82.9 Å². The van der Waals surface area contributed by atoms with Crippen molar-refractivity contribution in [1.29, 1.82) is 0 Å². The van der Waals surface area contributed by atoms with Crippen molar-refractivity contribution in [3.8, 4) is 11.1 Å². The summed E-state index contributed by atoms with van der Waals surface area (Å²) >= 11 is 0. The van der Waals surface area contributed by atoms with Crippen molar-refractivity contribution < 1.29 is 0 Å². The van der Waals surface area contributed by atoms with E-state index in [9.17, 15) is 0 Å². The minimum atomic E-state index is 0.0536. The lowest BCUT2D eigenvalue weighted by Gasteiger charge is -2.44. The molecule has 0 amide bonds. The predicted octanol–water partition coefficient (Wildman–Crippen LogP) is 12.6. The molecule has 1 atom stereocenters. The fourth-order valence-corrected chi connectivity index (χ4v) is 10.5. The van der Waals surface area contributed by atoms with E-state index in [0.29, 0.717) is 11.8 Å². The normalized spacial score (nSPS) is 14.8. The van der Waals surface area contributed by atoms with Gasteiger partial charge in [-0.1, -0.05) is 173 Å². The van der Waals surface area contributed by atoms with Crippen LogP contribution in [0.2, 0.25) is 0 Å². The average molecular weight is 785 g/mol. The third kappa shape index (κ3) is 6.17. The lowest BCUT2D eigenvalue weighted by molar-refractivity contribution is 0.864. The van der Waals surface area contributed by atoms with Gasteiger partial charge in [-0.25, -0.2) is 0 Å². The highest BCUT2D eigenvalue weighted by Gasteiger charge is 2.45. The number of fused-ring (bicyclic) bond motifs is 4. The maximum Gasteiger partial charge on any atom is 0.244 e. The van der Waals surface area contributed by atoms with E-state index in [1.807, 2.05) is 0 Å². The van der Waals surface area contributed by atoms with Crippen molar-refractivity contribution >= 4 is 62.8 Å². The molecule has 3 aliphatic rings. The molecular weight excluding hydrogens is 735 g/mol. The van der Waals surface area contributed by atoms with E-state index in [-0.39, 0.29) is 12.6 Å². The van der Waals surface area contributed by atoms with Gasteiger partial charge >= 0.3 is 0 Å². The quantitative estimate of drug-likeness (QED) is 0.142. The summed E-state index contributed by atoms with van der Waals surface area (Å²) in [6, 6.07) is 73.0. The third-order valence-corrected chi connectivity index (χ3v) is 13.4. The lowest BCUT2D eigenvalue weighted by atomic mass is 9.29. The van der Waals surface area contributed by atoms with Crippen molar-refractivity contribution in [1.82, 2.24) is 0 Å². The molecule has 8 aromatic rings. The Morgan fingerprint density at radius 3 is 1.82 bits per heavy atom. The lowest BCUT2D eigenvalue weighted by Crippen LogP contribution is -2.59. The van der Waals surface area contributed by atoms with Crippen LogP contribution in [0, 0.1) is 0 Å². The first-order valence-corrected chi connectivity index (χ1v) is 22.0. The van der Waals surface area contributed by atoms with E-state index in [1.54, 1.807) is 0 Å². The minimum Gasteiger partial charge on any atom is -0.311 e. The highest BCUT2D eigenvalue weighted by molar-refractivity contribution is 7.02. The van der Waals surface area contributed by atoms with E-state index in [4.69, 9.17) is 0 Å². The van der Waals surface area contributed by atoms with Crippen LogP contribution in [0.15, 0.2) is 194 Å². The molecule has 61 heavy (non-hydrogen) atoms. The van der Waals surface area contributed by atoms with Gasteiger partial charge in [0.25, 0.3) is 0 Å². The SMILES string of the molecule is CC(C)c1cccc(N2c3cc(C(C)C)ccc3B3C4=c5c(cccc5=C(c5ccccc5)CC4c4ccccc4)-c4cc(N(c5ccccc5)c5ccccc5)cc2c43)c1. The van der Waals surface area contributed by atoms with Crippen molar-refractivity contribution in [3.05, 3.63) is 227 Å². The molecule has 0 saturated carbocycles. The average Bonchev–Trinajstić information content (AvgIpc) is 3.31. The van der Waals surface area contributed by atoms with Gasteiger partial charge in [0.1, 0.15) is 0 Å². The van der Waals surface area contributed by atoms with Gasteiger partial charge in [0.15, 0.2) is 0 Å².